The van der Waals surface area contributed by atoms with Crippen molar-refractivity contribution >= 4 is 0 Å². The van der Waals surface area contributed by atoms with Gasteiger partial charge in [0, 0.05) is 6.42 Å². The number of benzene rings is 2. The molecule has 1 aliphatic heterocycles. The summed E-state index contributed by atoms with van der Waals surface area (Å²) < 4.78 is 12.0. The Morgan fingerprint density at radius 3 is 2.32 bits per heavy atom. The molecule has 2 aromatic rings. The number of hydrogen-bond acceptors (Lipinski definition) is 5. The molecule has 2 aromatic carbocycles. The second-order valence-corrected chi connectivity index (χ2v) is 8.67. The van der Waals surface area contributed by atoms with E-state index in [-0.39, 0.29) is 11.9 Å². The molecule has 0 spiro atoms. The maximum Gasteiger partial charge on any atom is 0.152 e. The Morgan fingerprint density at radius 2 is 1.65 bits per heavy atom. The highest BCUT2D eigenvalue weighted by molar-refractivity contribution is 5.42. The number of aryl methyl sites for hydroxylation is 1. The maximum absolute atomic E-state index is 10.5. The Morgan fingerprint density at radius 1 is 0.968 bits per heavy atom. The monoisotopic (exact) mass is 424 g/mol. The molecular weight excluding hydrogens is 392 g/mol. The predicted octanol–water partition coefficient (Wildman–Crippen LogP) is 3.83. The van der Waals surface area contributed by atoms with Crippen molar-refractivity contribution in [2.45, 2.75) is 76.0 Å². The molecule has 2 aliphatic rings. The van der Waals surface area contributed by atoms with E-state index in [1.807, 2.05) is 18.2 Å². The third-order valence-corrected chi connectivity index (χ3v) is 6.43. The molecule has 2 fully saturated rings. The van der Waals surface area contributed by atoms with Crippen LogP contribution in [0, 0.1) is 0 Å². The van der Waals surface area contributed by atoms with Crippen molar-refractivity contribution in [3.63, 3.8) is 0 Å². The van der Waals surface area contributed by atoms with Gasteiger partial charge in [-0.25, -0.2) is 0 Å². The molecular formula is C26H32O5. The lowest BCUT2D eigenvalue weighted by Gasteiger charge is -2.37. The summed E-state index contributed by atoms with van der Waals surface area (Å²) in [6.45, 7) is 5.82. The van der Waals surface area contributed by atoms with Crippen molar-refractivity contribution < 1.29 is 24.8 Å². The van der Waals surface area contributed by atoms with Gasteiger partial charge in [0.1, 0.15) is 29.8 Å². The first-order valence-electron chi connectivity index (χ1n) is 11.2. The van der Waals surface area contributed by atoms with Gasteiger partial charge in [-0.3, -0.25) is 0 Å². The predicted molar refractivity (Wildman–Crippen MR) is 119 cm³/mol. The summed E-state index contributed by atoms with van der Waals surface area (Å²) in [4.78, 5) is 0. The molecule has 0 amide bonds. The summed E-state index contributed by atoms with van der Waals surface area (Å²) in [5.41, 5.74) is 4.20. The second-order valence-electron chi connectivity index (χ2n) is 8.67. The van der Waals surface area contributed by atoms with Crippen LogP contribution in [0.15, 0.2) is 54.8 Å². The largest absolute Gasteiger partial charge is 0.490 e. The van der Waals surface area contributed by atoms with Gasteiger partial charge in [-0.2, -0.15) is 0 Å². The SMILES string of the molecule is C=C1O[C@@H](c2ccc(OC3CCCC3)c(Cc3ccc(CC)cc3)c2)[C@H](O)[C@@H](O)[C@@H]1O. The van der Waals surface area contributed by atoms with Gasteiger partial charge in [0.15, 0.2) is 6.10 Å². The van der Waals surface area contributed by atoms with Crippen LogP contribution in [0.2, 0.25) is 0 Å². The molecule has 166 valence electrons. The first kappa shape index (κ1) is 21.9. The average Bonchev–Trinajstić information content (AvgIpc) is 3.30. The zero-order valence-electron chi connectivity index (χ0n) is 18.0. The van der Waals surface area contributed by atoms with E-state index < -0.39 is 24.4 Å². The van der Waals surface area contributed by atoms with E-state index in [1.54, 1.807) is 0 Å². The Balaban J connectivity index is 1.64. The van der Waals surface area contributed by atoms with E-state index >= 15 is 0 Å². The van der Waals surface area contributed by atoms with Crippen LogP contribution >= 0.6 is 0 Å². The summed E-state index contributed by atoms with van der Waals surface area (Å²) in [7, 11) is 0. The molecule has 4 rings (SSSR count). The Bertz CT molecular complexity index is 901. The lowest BCUT2D eigenvalue weighted by atomic mass is 9.91. The quantitative estimate of drug-likeness (QED) is 0.657. The molecule has 0 unspecified atom stereocenters. The van der Waals surface area contributed by atoms with E-state index in [0.717, 1.165) is 36.1 Å². The molecule has 1 saturated carbocycles. The van der Waals surface area contributed by atoms with E-state index in [4.69, 9.17) is 9.47 Å². The Labute approximate surface area is 184 Å². The summed E-state index contributed by atoms with van der Waals surface area (Å²) in [6.07, 6.45) is 1.77. The minimum atomic E-state index is -1.34. The number of rotatable bonds is 6. The van der Waals surface area contributed by atoms with E-state index in [2.05, 4.69) is 37.8 Å². The molecule has 0 aromatic heterocycles. The molecule has 1 aliphatic carbocycles. The van der Waals surface area contributed by atoms with Gasteiger partial charge in [-0.15, -0.1) is 0 Å². The Kier molecular flexibility index (Phi) is 6.65. The third kappa shape index (κ3) is 4.79. The summed E-state index contributed by atoms with van der Waals surface area (Å²) in [6, 6.07) is 14.3. The van der Waals surface area contributed by atoms with Crippen molar-refractivity contribution in [2.75, 3.05) is 0 Å². The molecule has 0 radical (unpaired) electrons. The van der Waals surface area contributed by atoms with E-state index in [9.17, 15) is 15.3 Å². The van der Waals surface area contributed by atoms with Gasteiger partial charge in [0.2, 0.25) is 0 Å². The van der Waals surface area contributed by atoms with Crippen molar-refractivity contribution in [3.8, 4) is 5.75 Å². The second kappa shape index (κ2) is 9.43. The topological polar surface area (TPSA) is 79.2 Å². The highest BCUT2D eigenvalue weighted by atomic mass is 16.5. The van der Waals surface area contributed by atoms with Gasteiger partial charge in [-0.05, 0) is 66.5 Å². The first-order chi connectivity index (χ1) is 15.0. The average molecular weight is 425 g/mol. The van der Waals surface area contributed by atoms with E-state index in [0.29, 0.717) is 6.42 Å². The van der Waals surface area contributed by atoms with Gasteiger partial charge < -0.3 is 24.8 Å². The van der Waals surface area contributed by atoms with Crippen molar-refractivity contribution in [2.24, 2.45) is 0 Å². The van der Waals surface area contributed by atoms with Crippen LogP contribution in [0.1, 0.15) is 61.0 Å². The fraction of sp³-hybridized carbons (Fsp3) is 0.462. The molecule has 1 heterocycles. The van der Waals surface area contributed by atoms with Gasteiger partial charge in [0.25, 0.3) is 0 Å². The van der Waals surface area contributed by atoms with Crippen LogP contribution in [0.25, 0.3) is 0 Å². The van der Waals surface area contributed by atoms with Crippen molar-refractivity contribution in [1.82, 2.24) is 0 Å². The third-order valence-electron chi connectivity index (χ3n) is 6.43. The lowest BCUT2D eigenvalue weighted by Crippen LogP contribution is -2.47. The van der Waals surface area contributed by atoms with Crippen LogP contribution < -0.4 is 4.74 Å². The first-order valence-corrected chi connectivity index (χ1v) is 11.2. The number of ether oxygens (including phenoxy) is 2. The van der Waals surface area contributed by atoms with Crippen LogP contribution in [-0.4, -0.2) is 39.7 Å². The van der Waals surface area contributed by atoms with Crippen LogP contribution in [0.5, 0.6) is 5.75 Å². The summed E-state index contributed by atoms with van der Waals surface area (Å²) in [5.74, 6) is 0.908. The zero-order chi connectivity index (χ0) is 22.0. The van der Waals surface area contributed by atoms with Crippen LogP contribution in [0.3, 0.4) is 0 Å². The molecule has 31 heavy (non-hydrogen) atoms. The maximum atomic E-state index is 10.5. The number of aliphatic hydroxyl groups excluding tert-OH is 3. The number of hydrogen-bond donors (Lipinski definition) is 3. The molecule has 1 saturated heterocycles. The van der Waals surface area contributed by atoms with E-state index in [1.165, 1.54) is 24.0 Å². The van der Waals surface area contributed by atoms with Crippen molar-refractivity contribution in [3.05, 3.63) is 77.1 Å². The Hall–Kier alpha value is -2.34. The molecule has 0 bridgehead atoms. The molecule has 5 nitrogen and oxygen atoms in total. The zero-order valence-corrected chi connectivity index (χ0v) is 18.0. The molecule has 3 N–H and O–H groups in total. The molecule has 4 atom stereocenters. The van der Waals surface area contributed by atoms with Gasteiger partial charge in [-0.1, -0.05) is 43.8 Å². The lowest BCUT2D eigenvalue weighted by molar-refractivity contribution is -0.157. The fourth-order valence-corrected chi connectivity index (χ4v) is 4.45. The summed E-state index contributed by atoms with van der Waals surface area (Å²) in [5, 5.41) is 30.6. The normalized spacial score (nSPS) is 26.6. The standard InChI is InChI=1S/C26H32O5/c1-3-17-8-10-18(11-9-17)14-20-15-19(12-13-22(20)31-21-6-4-5-7-21)26-25(29)24(28)23(27)16(2)30-26/h8-13,15,21,23-29H,2-7,14H2,1H3/t23-,24+,25-,26+/m1/s1. The van der Waals surface area contributed by atoms with Crippen LogP contribution in [-0.2, 0) is 17.6 Å². The molecule has 5 heteroatoms. The van der Waals surface area contributed by atoms with Crippen molar-refractivity contribution in [1.29, 1.82) is 0 Å². The highest BCUT2D eigenvalue weighted by Gasteiger charge is 2.41. The smallest absolute Gasteiger partial charge is 0.152 e. The number of aliphatic hydroxyl groups is 3. The van der Waals surface area contributed by atoms with Gasteiger partial charge in [0.05, 0.1) is 6.10 Å². The minimum absolute atomic E-state index is 0.0609. The highest BCUT2D eigenvalue weighted by Crippen LogP contribution is 2.36. The van der Waals surface area contributed by atoms with Crippen LogP contribution in [0.4, 0.5) is 0 Å². The van der Waals surface area contributed by atoms with Gasteiger partial charge >= 0.3 is 0 Å². The minimum Gasteiger partial charge on any atom is -0.490 e. The summed E-state index contributed by atoms with van der Waals surface area (Å²) >= 11 is 0. The fourth-order valence-electron chi connectivity index (χ4n) is 4.45.